The quantitative estimate of drug-likeness (QED) is 0.0857. The predicted molar refractivity (Wildman–Crippen MR) is 232 cm³/mol. The van der Waals surface area contributed by atoms with Crippen LogP contribution in [-0.4, -0.2) is 147 Å². The molecule has 18 heteroatoms. The van der Waals surface area contributed by atoms with Crippen LogP contribution in [-0.2, 0) is 39.8 Å². The van der Waals surface area contributed by atoms with Crippen molar-refractivity contribution in [3.8, 4) is 0 Å². The highest BCUT2D eigenvalue weighted by Gasteiger charge is 2.46. The number of nitrogens with zero attached hydrogens (tertiary/aromatic N) is 2. The first kappa shape index (κ1) is 48.4. The molecule has 2 aromatic carbocycles. The fourth-order valence-electron chi connectivity index (χ4n) is 9.00. The third-order valence-electron chi connectivity index (χ3n) is 12.2. The van der Waals surface area contributed by atoms with Gasteiger partial charge in [0.1, 0.15) is 48.9 Å². The maximum absolute atomic E-state index is 14.4. The number of esters is 1. The standard InChI is InChI=1S/C46H62N6O12/c1-46(2,3)51-44(60)34-20-28-14-7-8-15-29(28)22-52(34)23-35(63-38(55)25-62-41-39(56)36(24-53)64-45(61)40(41)57)32(19-26-11-5-4-6-12-26)49-43(59)33(21-37(47)54)50-42(58)31-18-17-27-13-9-10-16-30(27)48-31/h4-6,9-13,16-18,28-29,32-36,39-41,45,53,56-57,61H,7-8,14-15,19-25H2,1-3H3,(H2,47,54)(H,49,59)(H,50,58)(H,51,60)/t28-,29+,32-,33-,34-,35+,36+,39+,40+,41-,45?/m0/s1. The van der Waals surface area contributed by atoms with Gasteiger partial charge < -0.3 is 56.3 Å². The first-order valence-corrected chi connectivity index (χ1v) is 22.0. The van der Waals surface area contributed by atoms with Crippen molar-refractivity contribution in [3.05, 3.63) is 78.0 Å². The number of rotatable bonds is 17. The molecule has 0 radical (unpaired) electrons. The number of aromatic nitrogens is 1. The number of piperidine rings is 1. The van der Waals surface area contributed by atoms with Gasteiger partial charge in [-0.25, -0.2) is 9.78 Å². The highest BCUT2D eigenvalue weighted by atomic mass is 16.7. The number of hydrogen-bond donors (Lipinski definition) is 8. The average Bonchev–Trinajstić information content (AvgIpc) is 3.26. The third kappa shape index (κ3) is 12.8. The lowest BCUT2D eigenvalue weighted by molar-refractivity contribution is -0.294. The molecule has 3 fully saturated rings. The number of amides is 4. The van der Waals surface area contributed by atoms with Crippen molar-refractivity contribution in [1.82, 2.24) is 25.8 Å². The number of pyridine rings is 1. The highest BCUT2D eigenvalue weighted by molar-refractivity contribution is 5.99. The van der Waals surface area contributed by atoms with E-state index in [0.29, 0.717) is 24.4 Å². The number of para-hydroxylation sites is 1. The molecule has 1 saturated carbocycles. The molecule has 3 heterocycles. The molecule has 64 heavy (non-hydrogen) atoms. The molecule has 11 atom stereocenters. The lowest BCUT2D eigenvalue weighted by Crippen LogP contribution is -2.62. The number of aliphatic hydroxyl groups excluding tert-OH is 4. The van der Waals surface area contributed by atoms with Crippen molar-refractivity contribution < 1.29 is 58.6 Å². The Morgan fingerprint density at radius 1 is 0.922 bits per heavy atom. The van der Waals surface area contributed by atoms with Crippen LogP contribution >= 0.6 is 0 Å². The first-order chi connectivity index (χ1) is 30.5. The molecule has 6 rings (SSSR count). The molecule has 2 saturated heterocycles. The molecule has 2 aliphatic heterocycles. The van der Waals surface area contributed by atoms with Crippen LogP contribution in [0.2, 0.25) is 0 Å². The lowest BCUT2D eigenvalue weighted by atomic mass is 9.72. The largest absolute Gasteiger partial charge is 0.457 e. The molecule has 3 aliphatic rings. The number of carbonyl (C=O) groups is 5. The lowest BCUT2D eigenvalue weighted by Gasteiger charge is -2.47. The van der Waals surface area contributed by atoms with Gasteiger partial charge in [-0.05, 0) is 69.6 Å². The van der Waals surface area contributed by atoms with Crippen LogP contribution in [0.4, 0.5) is 0 Å². The van der Waals surface area contributed by atoms with Crippen LogP contribution in [0.15, 0.2) is 66.7 Å². The third-order valence-corrected chi connectivity index (χ3v) is 12.2. The number of fused-ring (bicyclic) bond motifs is 2. The molecule has 4 amide bonds. The Hall–Kier alpha value is -5.08. The minimum absolute atomic E-state index is 0.00287. The van der Waals surface area contributed by atoms with Gasteiger partial charge in [-0.15, -0.1) is 0 Å². The summed E-state index contributed by atoms with van der Waals surface area (Å²) in [7, 11) is 0. The number of likely N-dealkylation sites (tertiary alicyclic amines) is 1. The van der Waals surface area contributed by atoms with E-state index in [0.717, 1.165) is 36.6 Å². The molecule has 18 nitrogen and oxygen atoms in total. The molecular formula is C46H62N6O12. The maximum Gasteiger partial charge on any atom is 0.332 e. The van der Waals surface area contributed by atoms with Gasteiger partial charge in [0, 0.05) is 24.0 Å². The summed E-state index contributed by atoms with van der Waals surface area (Å²) in [4.78, 5) is 74.9. The van der Waals surface area contributed by atoms with Gasteiger partial charge in [0.15, 0.2) is 6.29 Å². The summed E-state index contributed by atoms with van der Waals surface area (Å²) in [6.07, 6.45) is -5.23. The zero-order chi connectivity index (χ0) is 46.1. The summed E-state index contributed by atoms with van der Waals surface area (Å²) in [5.41, 5.74) is 6.33. The van der Waals surface area contributed by atoms with Gasteiger partial charge in [0.2, 0.25) is 17.7 Å². The Bertz CT molecular complexity index is 2090. The van der Waals surface area contributed by atoms with E-state index in [4.69, 9.17) is 19.9 Å². The fraction of sp³-hybridized carbons (Fsp3) is 0.565. The van der Waals surface area contributed by atoms with Crippen molar-refractivity contribution in [2.24, 2.45) is 17.6 Å². The minimum atomic E-state index is -1.83. The molecule has 9 N–H and O–H groups in total. The molecule has 348 valence electrons. The number of aliphatic hydroxyl groups is 4. The number of nitrogens with one attached hydrogen (secondary N) is 3. The molecule has 1 unspecified atom stereocenters. The van der Waals surface area contributed by atoms with E-state index >= 15 is 0 Å². The van der Waals surface area contributed by atoms with E-state index in [1.165, 1.54) is 6.07 Å². The monoisotopic (exact) mass is 890 g/mol. The number of primary amides is 1. The normalized spacial score (nSPS) is 26.4. The molecule has 0 spiro atoms. The van der Waals surface area contributed by atoms with E-state index in [-0.39, 0.29) is 30.5 Å². The molecule has 3 aromatic rings. The summed E-state index contributed by atoms with van der Waals surface area (Å²) in [6, 6.07) is 16.3. The second-order valence-corrected chi connectivity index (χ2v) is 18.2. The van der Waals surface area contributed by atoms with Crippen LogP contribution in [0.25, 0.3) is 10.9 Å². The van der Waals surface area contributed by atoms with Gasteiger partial charge in [0.25, 0.3) is 5.91 Å². The SMILES string of the molecule is CC(C)(C)NC(=O)[C@@H]1C[C@@H]2CCCC[C@@H]2CN1C[C@@H](OC(=O)CO[C@H]1[C@H](O)[C@@H](CO)OC(O)[C@@H]1O)[C@H](Cc1ccccc1)NC(=O)[C@H](CC(N)=O)NC(=O)c1ccc2ccccc2n1. The summed E-state index contributed by atoms with van der Waals surface area (Å²) in [5.74, 6) is -3.03. The second kappa shape index (κ2) is 21.7. The Balaban J connectivity index is 1.32. The van der Waals surface area contributed by atoms with Gasteiger partial charge in [-0.2, -0.15) is 0 Å². The Morgan fingerprint density at radius 3 is 2.33 bits per heavy atom. The number of carbonyl (C=O) groups excluding carboxylic acids is 5. The minimum Gasteiger partial charge on any atom is -0.457 e. The van der Waals surface area contributed by atoms with Crippen molar-refractivity contribution in [1.29, 1.82) is 0 Å². The van der Waals surface area contributed by atoms with E-state index in [9.17, 15) is 44.4 Å². The Morgan fingerprint density at radius 2 is 1.62 bits per heavy atom. The predicted octanol–water partition coefficient (Wildman–Crippen LogP) is 0.460. The molecular weight excluding hydrogens is 829 g/mol. The average molecular weight is 891 g/mol. The van der Waals surface area contributed by atoms with E-state index in [1.807, 2.05) is 56.0 Å². The van der Waals surface area contributed by atoms with Crippen LogP contribution in [0.3, 0.4) is 0 Å². The number of nitrogens with two attached hydrogens (primary N) is 1. The number of hydrogen-bond acceptors (Lipinski definition) is 14. The van der Waals surface area contributed by atoms with Crippen LogP contribution < -0.4 is 21.7 Å². The maximum atomic E-state index is 14.4. The van der Waals surface area contributed by atoms with E-state index in [1.54, 1.807) is 30.3 Å². The molecule has 0 bridgehead atoms. The van der Waals surface area contributed by atoms with Crippen molar-refractivity contribution in [2.45, 2.75) is 126 Å². The molecule has 1 aromatic heterocycles. The fourth-order valence-corrected chi connectivity index (χ4v) is 9.00. The Kier molecular flexibility index (Phi) is 16.4. The topological polar surface area (TPSA) is 272 Å². The number of ether oxygens (including phenoxy) is 3. The summed E-state index contributed by atoms with van der Waals surface area (Å²) < 4.78 is 16.9. The van der Waals surface area contributed by atoms with Crippen molar-refractivity contribution in [3.63, 3.8) is 0 Å². The van der Waals surface area contributed by atoms with Gasteiger partial charge >= 0.3 is 5.97 Å². The van der Waals surface area contributed by atoms with Crippen LogP contribution in [0.1, 0.15) is 75.3 Å². The zero-order valence-corrected chi connectivity index (χ0v) is 36.5. The second-order valence-electron chi connectivity index (χ2n) is 18.2. The van der Waals surface area contributed by atoms with Crippen LogP contribution in [0.5, 0.6) is 0 Å². The van der Waals surface area contributed by atoms with Crippen molar-refractivity contribution in [2.75, 3.05) is 26.3 Å². The number of benzene rings is 2. The summed E-state index contributed by atoms with van der Waals surface area (Å²) in [6.45, 7) is 4.58. The highest BCUT2D eigenvalue weighted by Crippen LogP contribution is 2.39. The zero-order valence-electron chi connectivity index (χ0n) is 36.5. The summed E-state index contributed by atoms with van der Waals surface area (Å²) >= 11 is 0. The van der Waals surface area contributed by atoms with Crippen LogP contribution in [0, 0.1) is 11.8 Å². The molecule has 1 aliphatic carbocycles. The van der Waals surface area contributed by atoms with Gasteiger partial charge in [-0.1, -0.05) is 73.9 Å². The van der Waals surface area contributed by atoms with Gasteiger partial charge in [-0.3, -0.25) is 24.1 Å². The van der Waals surface area contributed by atoms with E-state index in [2.05, 4.69) is 20.9 Å². The smallest absolute Gasteiger partial charge is 0.332 e. The van der Waals surface area contributed by atoms with E-state index < -0.39 is 104 Å². The summed E-state index contributed by atoms with van der Waals surface area (Å²) in [5, 5.41) is 50.7. The van der Waals surface area contributed by atoms with Crippen molar-refractivity contribution >= 4 is 40.5 Å². The Labute approximate surface area is 372 Å². The first-order valence-electron chi connectivity index (χ1n) is 22.0. The van der Waals surface area contributed by atoms with Gasteiger partial charge in [0.05, 0.1) is 30.6 Å².